The summed E-state index contributed by atoms with van der Waals surface area (Å²) in [5.74, 6) is 0.141. The fraction of sp³-hybridized carbons (Fsp3) is 0.231. The molecule has 0 aromatic heterocycles. The van der Waals surface area contributed by atoms with Gasteiger partial charge in [-0.2, -0.15) is 0 Å². The molecule has 7 heteroatoms. The van der Waals surface area contributed by atoms with Gasteiger partial charge in [0.05, 0.1) is 12.1 Å². The minimum Gasteiger partial charge on any atom is -0.486 e. The second kappa shape index (κ2) is 8.54. The van der Waals surface area contributed by atoms with E-state index in [4.69, 9.17) is 21.1 Å². The molecule has 168 valence electrons. The average molecular weight is 464 g/mol. The van der Waals surface area contributed by atoms with E-state index >= 15 is 0 Å². The van der Waals surface area contributed by atoms with Crippen LogP contribution in [0.3, 0.4) is 0 Å². The molecule has 3 aromatic carbocycles. The quantitative estimate of drug-likeness (QED) is 0.555. The highest BCUT2D eigenvalue weighted by Crippen LogP contribution is 2.44. The number of ether oxygens (including phenoxy) is 2. The van der Waals surface area contributed by atoms with E-state index in [0.29, 0.717) is 59.5 Å². The first-order chi connectivity index (χ1) is 16.0. The van der Waals surface area contributed by atoms with Crippen LogP contribution in [0.1, 0.15) is 27.9 Å². The second-order valence-corrected chi connectivity index (χ2v) is 8.61. The van der Waals surface area contributed by atoms with Crippen LogP contribution >= 0.6 is 11.6 Å². The molecule has 5 rings (SSSR count). The fourth-order valence-corrected chi connectivity index (χ4v) is 4.52. The van der Waals surface area contributed by atoms with Gasteiger partial charge >= 0.3 is 0 Å². The van der Waals surface area contributed by atoms with Crippen molar-refractivity contribution in [1.82, 2.24) is 0 Å². The van der Waals surface area contributed by atoms with Gasteiger partial charge in [0.1, 0.15) is 13.2 Å². The maximum absolute atomic E-state index is 13.5. The van der Waals surface area contributed by atoms with Crippen LogP contribution in [0, 0.1) is 0 Å². The molecule has 0 radical (unpaired) electrons. The van der Waals surface area contributed by atoms with Crippen molar-refractivity contribution >= 4 is 29.0 Å². The second-order valence-electron chi connectivity index (χ2n) is 8.17. The molecular formula is C26H22ClNO5. The number of fused-ring (bicyclic) bond motifs is 2. The van der Waals surface area contributed by atoms with Crippen LogP contribution in [0.5, 0.6) is 11.5 Å². The van der Waals surface area contributed by atoms with E-state index in [1.54, 1.807) is 36.4 Å². The number of Topliss-reactive ketones (excluding diaryl/α,β-unsaturated/α-hetero) is 1. The summed E-state index contributed by atoms with van der Waals surface area (Å²) in [5, 5.41) is 11.9. The van der Waals surface area contributed by atoms with Crippen LogP contribution in [0.15, 0.2) is 66.7 Å². The van der Waals surface area contributed by atoms with Gasteiger partial charge in [-0.3, -0.25) is 9.59 Å². The lowest BCUT2D eigenvalue weighted by atomic mass is 9.88. The molecule has 1 amide bonds. The Hall–Kier alpha value is -3.35. The first kappa shape index (κ1) is 21.5. The van der Waals surface area contributed by atoms with Crippen LogP contribution in [-0.4, -0.2) is 36.6 Å². The van der Waals surface area contributed by atoms with Crippen LogP contribution in [0.4, 0.5) is 5.69 Å². The topological polar surface area (TPSA) is 76.1 Å². The average Bonchev–Trinajstić information content (AvgIpc) is 3.04. The normalized spacial score (nSPS) is 18.8. The lowest BCUT2D eigenvalue weighted by Gasteiger charge is -2.23. The third-order valence-electron chi connectivity index (χ3n) is 6.04. The molecule has 33 heavy (non-hydrogen) atoms. The highest BCUT2D eigenvalue weighted by molar-refractivity contribution is 6.31. The number of carbonyl (C=O) groups excluding carboxylic acids is 2. The van der Waals surface area contributed by atoms with Gasteiger partial charge in [-0.05, 0) is 48.4 Å². The van der Waals surface area contributed by atoms with Gasteiger partial charge in [0.25, 0.3) is 5.91 Å². The van der Waals surface area contributed by atoms with E-state index in [1.807, 2.05) is 30.3 Å². The van der Waals surface area contributed by atoms with E-state index in [2.05, 4.69) is 0 Å². The van der Waals surface area contributed by atoms with E-state index in [0.717, 1.165) is 5.56 Å². The van der Waals surface area contributed by atoms with Crippen molar-refractivity contribution in [3.8, 4) is 11.5 Å². The van der Waals surface area contributed by atoms with Crippen LogP contribution in [0.25, 0.3) is 0 Å². The number of hydrogen-bond acceptors (Lipinski definition) is 5. The standard InChI is InChI=1S/C26H22ClNO5/c27-19-7-8-21-20(15-19)26(31,25(30)28(21)11-10-17-4-2-1-3-5-17)16-22(29)18-6-9-23-24(14-18)33-13-12-32-23/h1-9,14-15,31H,10-13,16H2. The Labute approximate surface area is 196 Å². The predicted octanol–water partition coefficient (Wildman–Crippen LogP) is 4.16. The summed E-state index contributed by atoms with van der Waals surface area (Å²) in [4.78, 5) is 28.1. The number of hydrogen-bond donors (Lipinski definition) is 1. The van der Waals surface area contributed by atoms with Crippen molar-refractivity contribution in [2.75, 3.05) is 24.7 Å². The van der Waals surface area contributed by atoms with Crippen LogP contribution < -0.4 is 14.4 Å². The fourth-order valence-electron chi connectivity index (χ4n) is 4.35. The molecule has 0 saturated carbocycles. The first-order valence-electron chi connectivity index (χ1n) is 10.8. The lowest BCUT2D eigenvalue weighted by Crippen LogP contribution is -2.42. The van der Waals surface area contributed by atoms with Crippen molar-refractivity contribution in [1.29, 1.82) is 0 Å². The van der Waals surface area contributed by atoms with Crippen molar-refractivity contribution in [2.45, 2.75) is 18.4 Å². The number of anilines is 1. The molecule has 6 nitrogen and oxygen atoms in total. The molecule has 2 aliphatic heterocycles. The summed E-state index contributed by atoms with van der Waals surface area (Å²) in [7, 11) is 0. The molecule has 3 aromatic rings. The molecule has 0 saturated heterocycles. The summed E-state index contributed by atoms with van der Waals surface area (Å²) >= 11 is 6.20. The molecule has 1 atom stereocenters. The Balaban J connectivity index is 1.43. The molecule has 0 bridgehead atoms. The van der Waals surface area contributed by atoms with Crippen LogP contribution in [-0.2, 0) is 16.8 Å². The van der Waals surface area contributed by atoms with Crippen molar-refractivity contribution in [3.63, 3.8) is 0 Å². The molecule has 2 aliphatic rings. The van der Waals surface area contributed by atoms with Gasteiger partial charge < -0.3 is 19.5 Å². The number of nitrogens with zero attached hydrogens (tertiary/aromatic N) is 1. The number of amides is 1. The maximum atomic E-state index is 13.5. The van der Waals surface area contributed by atoms with Gasteiger partial charge in [0, 0.05) is 22.7 Å². The minimum absolute atomic E-state index is 0.340. The molecule has 0 spiro atoms. The number of ketones is 1. The molecule has 0 fully saturated rings. The van der Waals surface area contributed by atoms with E-state index in [1.165, 1.54) is 4.90 Å². The summed E-state index contributed by atoms with van der Waals surface area (Å²) in [6.07, 6.45) is 0.210. The molecule has 2 heterocycles. The molecule has 0 aliphatic carbocycles. The number of rotatable bonds is 6. The molecule has 1 unspecified atom stereocenters. The summed E-state index contributed by atoms with van der Waals surface area (Å²) in [5.41, 5.74) is 0.327. The minimum atomic E-state index is -2.00. The van der Waals surface area contributed by atoms with Crippen molar-refractivity contribution in [2.24, 2.45) is 0 Å². The third kappa shape index (κ3) is 3.96. The van der Waals surface area contributed by atoms with E-state index in [-0.39, 0.29) is 5.78 Å². The van der Waals surface area contributed by atoms with Gasteiger partial charge in [0.2, 0.25) is 0 Å². The monoisotopic (exact) mass is 463 g/mol. The Morgan fingerprint density at radius 3 is 2.55 bits per heavy atom. The number of carbonyl (C=O) groups is 2. The molecule has 1 N–H and O–H groups in total. The number of benzene rings is 3. The largest absolute Gasteiger partial charge is 0.486 e. The lowest BCUT2D eigenvalue weighted by molar-refractivity contribution is -0.135. The predicted molar refractivity (Wildman–Crippen MR) is 124 cm³/mol. The Kier molecular flexibility index (Phi) is 5.56. The number of halogens is 1. The Morgan fingerprint density at radius 1 is 1.00 bits per heavy atom. The molecular weight excluding hydrogens is 442 g/mol. The van der Waals surface area contributed by atoms with Gasteiger partial charge in [-0.25, -0.2) is 0 Å². The van der Waals surface area contributed by atoms with E-state index in [9.17, 15) is 14.7 Å². The summed E-state index contributed by atoms with van der Waals surface area (Å²) in [6.45, 7) is 1.22. The maximum Gasteiger partial charge on any atom is 0.264 e. The summed E-state index contributed by atoms with van der Waals surface area (Å²) in [6, 6.07) is 19.6. The highest BCUT2D eigenvalue weighted by Gasteiger charge is 2.51. The Bertz CT molecular complexity index is 1230. The Morgan fingerprint density at radius 2 is 1.76 bits per heavy atom. The van der Waals surface area contributed by atoms with Crippen molar-refractivity contribution in [3.05, 3.63) is 88.4 Å². The third-order valence-corrected chi connectivity index (χ3v) is 6.28. The number of aliphatic hydroxyl groups is 1. The van der Waals surface area contributed by atoms with E-state index < -0.39 is 17.9 Å². The smallest absolute Gasteiger partial charge is 0.264 e. The van der Waals surface area contributed by atoms with Gasteiger partial charge in [-0.1, -0.05) is 41.9 Å². The highest BCUT2D eigenvalue weighted by atomic mass is 35.5. The zero-order valence-electron chi connectivity index (χ0n) is 17.8. The van der Waals surface area contributed by atoms with Gasteiger partial charge in [0.15, 0.2) is 22.9 Å². The zero-order valence-corrected chi connectivity index (χ0v) is 18.5. The van der Waals surface area contributed by atoms with Crippen LogP contribution in [0.2, 0.25) is 5.02 Å². The SMILES string of the molecule is O=C(CC1(O)C(=O)N(CCc2ccccc2)c2ccc(Cl)cc21)c1ccc2c(c1)OCCO2. The zero-order chi connectivity index (χ0) is 23.0. The van der Waals surface area contributed by atoms with Gasteiger partial charge in [-0.15, -0.1) is 0 Å². The summed E-state index contributed by atoms with van der Waals surface area (Å²) < 4.78 is 11.1. The van der Waals surface area contributed by atoms with Crippen molar-refractivity contribution < 1.29 is 24.2 Å². The first-order valence-corrected chi connectivity index (χ1v) is 11.1.